The van der Waals surface area contributed by atoms with E-state index in [2.05, 4.69) is 159 Å². The van der Waals surface area contributed by atoms with Gasteiger partial charge in [-0.2, -0.15) is 0 Å². The van der Waals surface area contributed by atoms with Crippen molar-refractivity contribution in [1.29, 1.82) is 0 Å². The van der Waals surface area contributed by atoms with Crippen molar-refractivity contribution in [1.82, 2.24) is 0 Å². The molecule has 0 N–H and O–H groups in total. The van der Waals surface area contributed by atoms with Crippen LogP contribution in [0.4, 0.5) is 0 Å². The lowest BCUT2D eigenvalue weighted by Crippen LogP contribution is -1.91. The van der Waals surface area contributed by atoms with Crippen molar-refractivity contribution in [3.8, 4) is 33.4 Å². The lowest BCUT2D eigenvalue weighted by Gasteiger charge is -2.18. The quantitative estimate of drug-likeness (QED) is 0.203. The Morgan fingerprint density at radius 2 is 0.659 bits per heavy atom. The van der Waals surface area contributed by atoms with Crippen LogP contribution in [0.1, 0.15) is 5.56 Å². The summed E-state index contributed by atoms with van der Waals surface area (Å²) in [6.07, 6.45) is 0. The van der Waals surface area contributed by atoms with Gasteiger partial charge in [-0.25, -0.2) is 0 Å². The number of fused-ring (bicyclic) bond motifs is 4. The van der Waals surface area contributed by atoms with Crippen LogP contribution >= 0.6 is 0 Å². The Morgan fingerprint density at radius 1 is 0.293 bits per heavy atom. The van der Waals surface area contributed by atoms with Crippen molar-refractivity contribution in [2.75, 3.05) is 0 Å². The molecule has 0 unspecified atom stereocenters. The standard InChI is InChI=1S/C41H28/c1-27-14-16-29(17-15-27)31-19-20-33-26-35(23-21-32(33)24-31)41-38-12-6-4-10-36(38)40(37-11-5-7-13-39(37)41)34-22-18-28-8-2-3-9-30(28)25-34/h2-26H,1H3. The summed E-state index contributed by atoms with van der Waals surface area (Å²) in [5, 5.41) is 10.2. The van der Waals surface area contributed by atoms with Gasteiger partial charge in [0.15, 0.2) is 0 Å². The summed E-state index contributed by atoms with van der Waals surface area (Å²) in [5.41, 5.74) is 8.89. The van der Waals surface area contributed by atoms with Crippen molar-refractivity contribution in [2.45, 2.75) is 6.92 Å². The molecule has 0 nitrogen and oxygen atoms in total. The summed E-state index contributed by atoms with van der Waals surface area (Å²) in [5.74, 6) is 0. The molecule has 0 aromatic heterocycles. The minimum atomic E-state index is 1.25. The average Bonchev–Trinajstić information content (AvgIpc) is 3.03. The van der Waals surface area contributed by atoms with Crippen LogP contribution in [-0.4, -0.2) is 0 Å². The molecule has 0 aliphatic rings. The highest BCUT2D eigenvalue weighted by Crippen LogP contribution is 2.44. The highest BCUT2D eigenvalue weighted by Gasteiger charge is 2.17. The molecule has 0 aliphatic carbocycles. The predicted molar refractivity (Wildman–Crippen MR) is 178 cm³/mol. The molecular formula is C41H28. The molecule has 8 aromatic carbocycles. The van der Waals surface area contributed by atoms with E-state index in [1.165, 1.54) is 82.0 Å². The fourth-order valence-electron chi connectivity index (χ4n) is 6.42. The van der Waals surface area contributed by atoms with Crippen LogP contribution < -0.4 is 0 Å². The van der Waals surface area contributed by atoms with Gasteiger partial charge in [0.1, 0.15) is 0 Å². The van der Waals surface area contributed by atoms with Crippen molar-refractivity contribution in [2.24, 2.45) is 0 Å². The van der Waals surface area contributed by atoms with Crippen LogP contribution in [0.3, 0.4) is 0 Å². The second kappa shape index (κ2) is 9.47. The maximum absolute atomic E-state index is 2.36. The van der Waals surface area contributed by atoms with E-state index >= 15 is 0 Å². The summed E-state index contributed by atoms with van der Waals surface area (Å²) in [4.78, 5) is 0. The molecule has 0 heteroatoms. The predicted octanol–water partition coefficient (Wildman–Crippen LogP) is 11.6. The van der Waals surface area contributed by atoms with Gasteiger partial charge in [-0.15, -0.1) is 0 Å². The Labute approximate surface area is 240 Å². The molecule has 0 heterocycles. The molecule has 0 saturated heterocycles. The van der Waals surface area contributed by atoms with Gasteiger partial charge in [-0.3, -0.25) is 0 Å². The van der Waals surface area contributed by atoms with Crippen LogP contribution in [0.2, 0.25) is 0 Å². The van der Waals surface area contributed by atoms with E-state index in [-0.39, 0.29) is 0 Å². The lowest BCUT2D eigenvalue weighted by molar-refractivity contribution is 1.47. The van der Waals surface area contributed by atoms with Crippen molar-refractivity contribution < 1.29 is 0 Å². The molecule has 0 spiro atoms. The average molecular weight is 521 g/mol. The molecule has 0 amide bonds. The Morgan fingerprint density at radius 3 is 1.20 bits per heavy atom. The topological polar surface area (TPSA) is 0 Å². The first-order chi connectivity index (χ1) is 20.2. The molecule has 41 heavy (non-hydrogen) atoms. The molecule has 0 bridgehead atoms. The van der Waals surface area contributed by atoms with Gasteiger partial charge >= 0.3 is 0 Å². The normalized spacial score (nSPS) is 11.5. The number of benzene rings is 8. The van der Waals surface area contributed by atoms with E-state index in [1.54, 1.807) is 0 Å². The first-order valence-electron chi connectivity index (χ1n) is 14.3. The third-order valence-electron chi connectivity index (χ3n) is 8.48. The summed E-state index contributed by atoms with van der Waals surface area (Å²) < 4.78 is 0. The zero-order valence-electron chi connectivity index (χ0n) is 22.9. The minimum absolute atomic E-state index is 1.25. The number of aryl methyl sites for hydroxylation is 1. The summed E-state index contributed by atoms with van der Waals surface area (Å²) in [6, 6.07) is 55.8. The van der Waals surface area contributed by atoms with Gasteiger partial charge < -0.3 is 0 Å². The van der Waals surface area contributed by atoms with Gasteiger partial charge in [-0.1, -0.05) is 139 Å². The smallest absolute Gasteiger partial charge is 0.00262 e. The summed E-state index contributed by atoms with van der Waals surface area (Å²) >= 11 is 0. The molecule has 8 aromatic rings. The maximum atomic E-state index is 2.36. The fraction of sp³-hybridized carbons (Fsp3) is 0.0244. The van der Waals surface area contributed by atoms with E-state index in [9.17, 15) is 0 Å². The second-order valence-corrected chi connectivity index (χ2v) is 11.0. The van der Waals surface area contributed by atoms with Crippen LogP contribution in [0.15, 0.2) is 152 Å². The monoisotopic (exact) mass is 520 g/mol. The van der Waals surface area contributed by atoms with Crippen molar-refractivity contribution in [3.63, 3.8) is 0 Å². The zero-order valence-corrected chi connectivity index (χ0v) is 22.9. The Balaban J connectivity index is 1.35. The highest BCUT2D eigenvalue weighted by molar-refractivity contribution is 6.22. The van der Waals surface area contributed by atoms with E-state index in [4.69, 9.17) is 0 Å². The summed E-state index contributed by atoms with van der Waals surface area (Å²) in [6.45, 7) is 2.13. The highest BCUT2D eigenvalue weighted by atomic mass is 14.2. The summed E-state index contributed by atoms with van der Waals surface area (Å²) in [7, 11) is 0. The number of hydrogen-bond acceptors (Lipinski definition) is 0. The number of hydrogen-bond donors (Lipinski definition) is 0. The molecule has 0 saturated carbocycles. The van der Waals surface area contributed by atoms with Gasteiger partial charge in [0.05, 0.1) is 0 Å². The van der Waals surface area contributed by atoms with Crippen molar-refractivity contribution in [3.05, 3.63) is 157 Å². The Hall–Kier alpha value is -5.20. The lowest BCUT2D eigenvalue weighted by atomic mass is 9.85. The number of rotatable bonds is 3. The molecule has 0 fully saturated rings. The van der Waals surface area contributed by atoms with Crippen LogP contribution in [0, 0.1) is 6.92 Å². The van der Waals surface area contributed by atoms with E-state index in [1.807, 2.05) is 0 Å². The second-order valence-electron chi connectivity index (χ2n) is 11.0. The first-order valence-corrected chi connectivity index (χ1v) is 14.3. The maximum Gasteiger partial charge on any atom is -0.00262 e. The van der Waals surface area contributed by atoms with E-state index in [0.717, 1.165) is 0 Å². The molecule has 0 atom stereocenters. The largest absolute Gasteiger partial charge is 0.0616 e. The molecule has 0 aliphatic heterocycles. The van der Waals surface area contributed by atoms with Crippen LogP contribution in [0.5, 0.6) is 0 Å². The third-order valence-corrected chi connectivity index (χ3v) is 8.48. The first kappa shape index (κ1) is 23.7. The molecular weight excluding hydrogens is 492 g/mol. The Bertz CT molecular complexity index is 2190. The zero-order chi connectivity index (χ0) is 27.3. The van der Waals surface area contributed by atoms with E-state index in [0.29, 0.717) is 0 Å². The molecule has 192 valence electrons. The van der Waals surface area contributed by atoms with Gasteiger partial charge in [0.25, 0.3) is 0 Å². The SMILES string of the molecule is Cc1ccc(-c2ccc3cc(-c4c5ccccc5c(-c5ccc6ccccc6c5)c5ccccc45)ccc3c2)cc1. The van der Waals surface area contributed by atoms with Crippen LogP contribution in [0.25, 0.3) is 76.5 Å². The third kappa shape index (κ3) is 4.00. The Kier molecular flexibility index (Phi) is 5.47. The van der Waals surface area contributed by atoms with E-state index < -0.39 is 0 Å². The van der Waals surface area contributed by atoms with Gasteiger partial charge in [0.2, 0.25) is 0 Å². The molecule has 0 radical (unpaired) electrons. The van der Waals surface area contributed by atoms with Gasteiger partial charge in [0, 0.05) is 0 Å². The van der Waals surface area contributed by atoms with Crippen LogP contribution in [-0.2, 0) is 0 Å². The fourth-order valence-corrected chi connectivity index (χ4v) is 6.42. The van der Waals surface area contributed by atoms with Crippen molar-refractivity contribution >= 4 is 43.1 Å². The minimum Gasteiger partial charge on any atom is -0.0616 e. The van der Waals surface area contributed by atoms with Gasteiger partial charge in [-0.05, 0) is 102 Å². The molecule has 8 rings (SSSR count).